The molecule has 0 atom stereocenters. The number of nitrogens with zero attached hydrogens (tertiary/aromatic N) is 1. The minimum absolute atomic E-state index is 0.0166. The number of hydrogen-bond donors (Lipinski definition) is 2. The first-order valence-corrected chi connectivity index (χ1v) is 15.7. The second-order valence-electron chi connectivity index (χ2n) is 10.7. The molecule has 1 aromatic heterocycles. The fraction of sp³-hybridized carbons (Fsp3) is 0.455. The number of hydrogen-bond acceptors (Lipinski definition) is 4. The lowest BCUT2D eigenvalue weighted by atomic mass is 9.91. The Morgan fingerprint density at radius 1 is 1.07 bits per heavy atom. The Morgan fingerprint density at radius 3 is 2.43 bits per heavy atom. The van der Waals surface area contributed by atoms with Crippen molar-refractivity contribution in [1.82, 2.24) is 10.3 Å². The molecule has 5 nitrogen and oxygen atoms in total. The third-order valence-corrected chi connectivity index (χ3v) is 8.53. The molecule has 0 saturated heterocycles. The van der Waals surface area contributed by atoms with E-state index in [0.29, 0.717) is 18.3 Å². The molecule has 1 amide bonds. The molecule has 1 aliphatic rings. The lowest BCUT2D eigenvalue weighted by Gasteiger charge is -2.20. The van der Waals surface area contributed by atoms with Gasteiger partial charge < -0.3 is 15.2 Å². The zero-order valence-corrected chi connectivity index (χ0v) is 25.5. The van der Waals surface area contributed by atoms with E-state index < -0.39 is 17.3 Å². The van der Waals surface area contributed by atoms with Gasteiger partial charge >= 0.3 is 6.18 Å². The molecule has 9 heteroatoms. The van der Waals surface area contributed by atoms with Crippen LogP contribution in [0.15, 0.2) is 64.3 Å². The number of fused-ring (bicyclic) bond motifs is 1. The van der Waals surface area contributed by atoms with E-state index >= 15 is 0 Å². The zero-order valence-electron chi connectivity index (χ0n) is 24.7. The number of rotatable bonds is 10. The van der Waals surface area contributed by atoms with Gasteiger partial charge in [0.25, 0.3) is 0 Å². The van der Waals surface area contributed by atoms with Crippen LogP contribution in [0.25, 0.3) is 17.0 Å². The number of amides is 1. The van der Waals surface area contributed by atoms with Gasteiger partial charge in [0.2, 0.25) is 11.5 Å². The van der Waals surface area contributed by atoms with E-state index in [4.69, 9.17) is 0 Å². The molecule has 0 unspecified atom stereocenters. The highest BCUT2D eigenvalue weighted by Crippen LogP contribution is 2.35. The Bertz CT molecular complexity index is 1360. The molecular formula is C33H42F3N3O2S. The Morgan fingerprint density at radius 2 is 1.79 bits per heavy atom. The number of likely N-dealkylation sites (N-methyl/N-ethyl adjacent to an activating group) is 1. The lowest BCUT2D eigenvalue weighted by Crippen LogP contribution is -2.19. The van der Waals surface area contributed by atoms with Crippen LogP contribution in [0.2, 0.25) is 0 Å². The number of aromatic amines is 1. The first-order valence-electron chi connectivity index (χ1n) is 14.7. The fourth-order valence-corrected chi connectivity index (χ4v) is 5.98. The van der Waals surface area contributed by atoms with Crippen molar-refractivity contribution in [2.24, 2.45) is 5.92 Å². The van der Waals surface area contributed by atoms with E-state index in [0.717, 1.165) is 30.9 Å². The average molecular weight is 602 g/mol. The van der Waals surface area contributed by atoms with Crippen molar-refractivity contribution in [3.05, 3.63) is 76.1 Å². The van der Waals surface area contributed by atoms with Crippen LogP contribution in [0.1, 0.15) is 69.9 Å². The van der Waals surface area contributed by atoms with Gasteiger partial charge in [-0.05, 0) is 74.1 Å². The summed E-state index contributed by atoms with van der Waals surface area (Å²) in [6.45, 7) is 5.41. The number of alkyl halides is 3. The quantitative estimate of drug-likeness (QED) is 0.181. The molecule has 0 radical (unpaired) electrons. The molecule has 3 aromatic rings. The van der Waals surface area contributed by atoms with Crippen molar-refractivity contribution < 1.29 is 18.0 Å². The van der Waals surface area contributed by atoms with Gasteiger partial charge in [0.05, 0.1) is 5.56 Å². The summed E-state index contributed by atoms with van der Waals surface area (Å²) in [5.41, 5.74) is 0.327. The van der Waals surface area contributed by atoms with Gasteiger partial charge in [-0.3, -0.25) is 9.59 Å². The first kappa shape index (κ1) is 33.3. The van der Waals surface area contributed by atoms with Crippen LogP contribution in [-0.4, -0.2) is 36.8 Å². The minimum atomic E-state index is -4.55. The van der Waals surface area contributed by atoms with E-state index in [1.165, 1.54) is 54.9 Å². The summed E-state index contributed by atoms with van der Waals surface area (Å²) in [4.78, 5) is 28.4. The second-order valence-corrected chi connectivity index (χ2v) is 11.8. The number of benzene rings is 2. The van der Waals surface area contributed by atoms with E-state index in [1.807, 2.05) is 36.7 Å². The van der Waals surface area contributed by atoms with Crippen LogP contribution in [0, 0.1) is 5.92 Å². The van der Waals surface area contributed by atoms with Crippen LogP contribution in [-0.2, 0) is 11.0 Å². The average Bonchev–Trinajstić information content (AvgIpc) is 2.98. The van der Waals surface area contributed by atoms with Crippen molar-refractivity contribution >= 4 is 40.3 Å². The second kappa shape index (κ2) is 16.4. The fourth-order valence-electron chi connectivity index (χ4n) is 4.89. The minimum Gasteiger partial charge on any atom is -0.375 e. The van der Waals surface area contributed by atoms with Gasteiger partial charge in [-0.15, -0.1) is 11.8 Å². The molecule has 2 aromatic carbocycles. The van der Waals surface area contributed by atoms with E-state index in [9.17, 15) is 22.8 Å². The number of nitrogens with one attached hydrogen (secondary N) is 2. The summed E-state index contributed by atoms with van der Waals surface area (Å²) < 4.78 is 39.2. The molecule has 0 spiro atoms. The van der Waals surface area contributed by atoms with Gasteiger partial charge in [0.15, 0.2) is 0 Å². The number of carbonyl (C=O) groups is 1. The van der Waals surface area contributed by atoms with Gasteiger partial charge in [0, 0.05) is 59.5 Å². The predicted octanol–water partition coefficient (Wildman–Crippen LogP) is 8.29. The van der Waals surface area contributed by atoms with E-state index in [2.05, 4.69) is 41.5 Å². The summed E-state index contributed by atoms with van der Waals surface area (Å²) in [7, 11) is 1.84. The number of pyridine rings is 1. The van der Waals surface area contributed by atoms with Crippen molar-refractivity contribution in [2.45, 2.75) is 69.9 Å². The van der Waals surface area contributed by atoms with Crippen molar-refractivity contribution in [3.8, 4) is 0 Å². The van der Waals surface area contributed by atoms with Crippen molar-refractivity contribution in [1.29, 1.82) is 0 Å². The van der Waals surface area contributed by atoms with Gasteiger partial charge in [-0.1, -0.05) is 44.7 Å². The molecule has 1 fully saturated rings. The lowest BCUT2D eigenvalue weighted by molar-refractivity contribution is -0.136. The Balaban J connectivity index is 0.000000230. The molecule has 42 heavy (non-hydrogen) atoms. The van der Waals surface area contributed by atoms with Crippen molar-refractivity contribution in [2.75, 3.05) is 30.8 Å². The summed E-state index contributed by atoms with van der Waals surface area (Å²) >= 11 is 1.96. The third-order valence-electron chi connectivity index (χ3n) is 7.29. The number of unbranched alkanes of at least 4 members (excludes halogenated alkanes) is 1. The molecule has 1 heterocycles. The monoisotopic (exact) mass is 601 g/mol. The van der Waals surface area contributed by atoms with Gasteiger partial charge in [0.1, 0.15) is 0 Å². The molecule has 1 aliphatic carbocycles. The normalized spacial score (nSPS) is 14.0. The molecule has 228 valence electrons. The van der Waals surface area contributed by atoms with Gasteiger partial charge in [-0.2, -0.15) is 13.2 Å². The Labute approximate surface area is 251 Å². The molecule has 0 bridgehead atoms. The number of thioether (sulfide) groups is 1. The Hall–Kier alpha value is -3.20. The summed E-state index contributed by atoms with van der Waals surface area (Å²) in [5.74, 6) is 2.11. The van der Waals surface area contributed by atoms with Crippen LogP contribution >= 0.6 is 11.8 Å². The topological polar surface area (TPSA) is 65.2 Å². The van der Waals surface area contributed by atoms with E-state index in [-0.39, 0.29) is 16.8 Å². The third kappa shape index (κ3) is 10.6. The molecule has 1 saturated carbocycles. The molecule has 2 N–H and O–H groups in total. The number of H-pyrrole nitrogens is 1. The summed E-state index contributed by atoms with van der Waals surface area (Å²) in [6, 6.07) is 13.8. The largest absolute Gasteiger partial charge is 0.417 e. The standard InChI is InChI=1S/C18H25NOS.C15H17F3N2O/c1-2-19-18(20)13-10-15-8-11-17(12-9-15)21-14-16-6-4-3-5-7-16;1-3-4-7-20(2)10-5-6-13-11(8-10)12(15(16,17)18)9-14(21)19-13/h8-13,16H,2-7,14H2,1H3,(H,19,20);5-6,8-9H,3-4,7H2,1-2H3,(H,19,21)/b13-10+;. The van der Waals surface area contributed by atoms with Crippen LogP contribution in [0.5, 0.6) is 0 Å². The van der Waals surface area contributed by atoms with Gasteiger partial charge in [-0.25, -0.2) is 0 Å². The van der Waals surface area contributed by atoms with Crippen LogP contribution in [0.4, 0.5) is 18.9 Å². The highest BCUT2D eigenvalue weighted by molar-refractivity contribution is 7.99. The number of halogens is 3. The summed E-state index contributed by atoms with van der Waals surface area (Å²) in [6.07, 6.45) is 7.94. The smallest absolute Gasteiger partial charge is 0.375 e. The molecular weight excluding hydrogens is 559 g/mol. The maximum absolute atomic E-state index is 13.1. The number of anilines is 1. The molecule has 0 aliphatic heterocycles. The first-order chi connectivity index (χ1) is 20.1. The highest BCUT2D eigenvalue weighted by Gasteiger charge is 2.33. The highest BCUT2D eigenvalue weighted by atomic mass is 32.2. The maximum Gasteiger partial charge on any atom is 0.417 e. The van der Waals surface area contributed by atoms with Crippen LogP contribution < -0.4 is 15.8 Å². The summed E-state index contributed by atoms with van der Waals surface area (Å²) in [5, 5.41) is 2.77. The van der Waals surface area contributed by atoms with Crippen molar-refractivity contribution in [3.63, 3.8) is 0 Å². The van der Waals surface area contributed by atoms with Crippen LogP contribution in [0.3, 0.4) is 0 Å². The number of carbonyl (C=O) groups excluding carboxylic acids is 1. The zero-order chi connectivity index (χ0) is 30.5. The maximum atomic E-state index is 13.1. The molecule has 4 rings (SSSR count). The number of aromatic nitrogens is 1. The predicted molar refractivity (Wildman–Crippen MR) is 169 cm³/mol. The Kier molecular flexibility index (Phi) is 13.0. The van der Waals surface area contributed by atoms with E-state index in [1.54, 1.807) is 12.1 Å². The SMILES string of the molecule is CCCCN(C)c1ccc2[nH]c(=O)cc(C(F)(F)F)c2c1.CCNC(=O)/C=C/c1ccc(SCC2CCCCC2)cc1.